The molecule has 2 aromatic carbocycles. The van der Waals surface area contributed by atoms with Crippen LogP contribution in [0.1, 0.15) is 29.8 Å². The summed E-state index contributed by atoms with van der Waals surface area (Å²) in [6.07, 6.45) is -1.28. The highest BCUT2D eigenvalue weighted by atomic mass is 32.2. The van der Waals surface area contributed by atoms with Gasteiger partial charge in [0.25, 0.3) is 0 Å². The van der Waals surface area contributed by atoms with Gasteiger partial charge in [-0.05, 0) is 55.0 Å². The molecular weight excluding hydrogens is 512 g/mol. The summed E-state index contributed by atoms with van der Waals surface area (Å²) in [5.74, 6) is -1.40. The van der Waals surface area contributed by atoms with Crippen molar-refractivity contribution in [1.82, 2.24) is 10.3 Å². The minimum absolute atomic E-state index is 0.00541. The fourth-order valence-corrected chi connectivity index (χ4v) is 3.95. The zero-order valence-electron chi connectivity index (χ0n) is 20.0. The highest BCUT2D eigenvalue weighted by Gasteiger charge is 2.33. The molecule has 3 aromatic rings. The lowest BCUT2D eigenvalue weighted by Crippen LogP contribution is -2.25. The largest absolute Gasteiger partial charge is 0.433 e. The van der Waals surface area contributed by atoms with Gasteiger partial charge in [-0.2, -0.15) is 13.2 Å². The molecule has 2 N–H and O–H groups in total. The number of sulfonamides is 1. The molecule has 0 spiro atoms. The zero-order valence-corrected chi connectivity index (χ0v) is 20.9. The Morgan fingerprint density at radius 3 is 2.35 bits per heavy atom. The number of nitrogens with zero attached hydrogens (tertiary/aromatic N) is 2. The van der Waals surface area contributed by atoms with Gasteiger partial charge >= 0.3 is 6.18 Å². The molecule has 0 radical (unpaired) electrons. The summed E-state index contributed by atoms with van der Waals surface area (Å²) in [4.78, 5) is 17.8. The first-order valence-corrected chi connectivity index (χ1v) is 12.8. The molecule has 0 saturated carbocycles. The van der Waals surface area contributed by atoms with E-state index in [-0.39, 0.29) is 17.1 Å². The SMILES string of the molecule is CC(NC(=O)C=Cc1ccc(C(F)(F)F)nc1N(C)c1ccccc1)c1ccc(NS(C)(=O)=O)c(F)c1. The molecule has 1 unspecified atom stereocenters. The maximum Gasteiger partial charge on any atom is 0.433 e. The van der Waals surface area contributed by atoms with E-state index in [2.05, 4.69) is 15.0 Å². The monoisotopic (exact) mass is 536 g/mol. The van der Waals surface area contributed by atoms with Crippen molar-refractivity contribution in [3.63, 3.8) is 0 Å². The van der Waals surface area contributed by atoms with E-state index in [1.165, 1.54) is 29.2 Å². The van der Waals surface area contributed by atoms with Crippen molar-refractivity contribution in [3.8, 4) is 0 Å². The zero-order chi connectivity index (χ0) is 27.4. The highest BCUT2D eigenvalue weighted by molar-refractivity contribution is 7.92. The Kier molecular flexibility index (Phi) is 8.22. The molecule has 1 aromatic heterocycles. The standard InChI is InChI=1S/C25H24F4N4O3S/c1-16(18-9-12-21(20(26)15-18)32-37(3,35)36)30-23(34)14-11-17-10-13-22(25(27,28)29)31-24(17)33(2)19-7-5-4-6-8-19/h4-16,32H,1-3H3,(H,30,34). The predicted octanol–water partition coefficient (Wildman–Crippen LogP) is 5.27. The van der Waals surface area contributed by atoms with Crippen LogP contribution in [0.2, 0.25) is 0 Å². The lowest BCUT2D eigenvalue weighted by molar-refractivity contribution is -0.141. The number of anilines is 3. The van der Waals surface area contributed by atoms with Gasteiger partial charge in [0.05, 0.1) is 18.0 Å². The van der Waals surface area contributed by atoms with Crippen LogP contribution in [0.15, 0.2) is 66.7 Å². The number of nitrogens with one attached hydrogen (secondary N) is 2. The summed E-state index contributed by atoms with van der Waals surface area (Å²) in [6.45, 7) is 1.60. The molecular formula is C25H24F4N4O3S. The van der Waals surface area contributed by atoms with Crippen LogP contribution in [0.25, 0.3) is 6.08 Å². The molecule has 3 rings (SSSR count). The summed E-state index contributed by atoms with van der Waals surface area (Å²) in [5, 5.41) is 2.63. The molecule has 12 heteroatoms. The Hall–Kier alpha value is -3.93. The van der Waals surface area contributed by atoms with Gasteiger partial charge in [-0.3, -0.25) is 9.52 Å². The van der Waals surface area contributed by atoms with Gasteiger partial charge in [0.1, 0.15) is 17.3 Å². The first-order valence-electron chi connectivity index (χ1n) is 10.9. The first-order chi connectivity index (χ1) is 17.2. The average Bonchev–Trinajstić information content (AvgIpc) is 2.82. The lowest BCUT2D eigenvalue weighted by Gasteiger charge is -2.21. The Morgan fingerprint density at radius 2 is 1.76 bits per heavy atom. The fraction of sp³-hybridized carbons (Fsp3) is 0.200. The van der Waals surface area contributed by atoms with E-state index in [0.29, 0.717) is 11.3 Å². The number of hydrogen-bond donors (Lipinski definition) is 2. The van der Waals surface area contributed by atoms with Gasteiger partial charge in [0.15, 0.2) is 0 Å². The van der Waals surface area contributed by atoms with Crippen LogP contribution in [-0.2, 0) is 21.0 Å². The summed E-state index contributed by atoms with van der Waals surface area (Å²) in [6, 6.07) is 13.8. The number of amides is 1. The number of hydrogen-bond acceptors (Lipinski definition) is 5. The van der Waals surface area contributed by atoms with Gasteiger partial charge in [0.2, 0.25) is 15.9 Å². The van der Waals surface area contributed by atoms with Crippen LogP contribution < -0.4 is 14.9 Å². The van der Waals surface area contributed by atoms with Crippen molar-refractivity contribution in [2.24, 2.45) is 0 Å². The first kappa shape index (κ1) is 27.7. The molecule has 0 aliphatic carbocycles. The smallest absolute Gasteiger partial charge is 0.346 e. The molecule has 0 fully saturated rings. The topological polar surface area (TPSA) is 91.4 Å². The van der Waals surface area contributed by atoms with Gasteiger partial charge in [0, 0.05) is 24.4 Å². The minimum atomic E-state index is -4.65. The number of rotatable bonds is 8. The fourth-order valence-electron chi connectivity index (χ4n) is 3.38. The van der Waals surface area contributed by atoms with Crippen molar-refractivity contribution in [3.05, 3.63) is 89.4 Å². The number of pyridine rings is 1. The predicted molar refractivity (Wildman–Crippen MR) is 134 cm³/mol. The maximum absolute atomic E-state index is 14.3. The summed E-state index contributed by atoms with van der Waals surface area (Å²) >= 11 is 0. The van der Waals surface area contributed by atoms with Crippen molar-refractivity contribution in [2.45, 2.75) is 19.1 Å². The molecule has 1 amide bonds. The van der Waals surface area contributed by atoms with E-state index in [0.717, 1.165) is 24.5 Å². The third-order valence-electron chi connectivity index (χ3n) is 5.22. The number of carbonyl (C=O) groups is 1. The molecule has 1 heterocycles. The van der Waals surface area contributed by atoms with Gasteiger partial charge in [-0.1, -0.05) is 24.3 Å². The second kappa shape index (κ2) is 11.0. The molecule has 0 aliphatic heterocycles. The number of halogens is 4. The van der Waals surface area contributed by atoms with Gasteiger partial charge in [-0.15, -0.1) is 0 Å². The van der Waals surface area contributed by atoms with Crippen molar-refractivity contribution in [1.29, 1.82) is 0 Å². The molecule has 0 aliphatic rings. The average molecular weight is 537 g/mol. The summed E-state index contributed by atoms with van der Waals surface area (Å²) in [7, 11) is -2.10. The van der Waals surface area contributed by atoms with Crippen LogP contribution >= 0.6 is 0 Å². The molecule has 0 saturated heterocycles. The molecule has 0 bridgehead atoms. The Labute approximate surface area is 211 Å². The molecule has 7 nitrogen and oxygen atoms in total. The van der Waals surface area contributed by atoms with Crippen LogP contribution in [0, 0.1) is 5.82 Å². The molecule has 1 atom stereocenters. The van der Waals surface area contributed by atoms with E-state index in [4.69, 9.17) is 0 Å². The van der Waals surface area contributed by atoms with Crippen LogP contribution in [0.5, 0.6) is 0 Å². The molecule has 196 valence electrons. The number of aromatic nitrogens is 1. The summed E-state index contributed by atoms with van der Waals surface area (Å²) in [5.41, 5.74) is -0.0628. The van der Waals surface area contributed by atoms with Crippen molar-refractivity contribution in [2.75, 3.05) is 22.9 Å². The van der Waals surface area contributed by atoms with E-state index in [1.807, 2.05) is 0 Å². The van der Waals surface area contributed by atoms with Crippen molar-refractivity contribution >= 4 is 39.2 Å². The summed E-state index contributed by atoms with van der Waals surface area (Å²) < 4.78 is 78.8. The minimum Gasteiger partial charge on any atom is -0.346 e. The quantitative estimate of drug-likeness (QED) is 0.302. The van der Waals surface area contributed by atoms with E-state index >= 15 is 0 Å². The van der Waals surface area contributed by atoms with E-state index < -0.39 is 39.7 Å². The number of alkyl halides is 3. The number of para-hydroxylation sites is 1. The number of carbonyl (C=O) groups excluding carboxylic acids is 1. The normalized spacial score (nSPS) is 12.8. The Balaban J connectivity index is 1.81. The van der Waals surface area contributed by atoms with E-state index in [1.54, 1.807) is 44.3 Å². The van der Waals surface area contributed by atoms with Crippen molar-refractivity contribution < 1.29 is 30.8 Å². The maximum atomic E-state index is 14.3. The van der Waals surface area contributed by atoms with E-state index in [9.17, 15) is 30.8 Å². The third-order valence-corrected chi connectivity index (χ3v) is 5.81. The van der Waals surface area contributed by atoms with Crippen LogP contribution in [-0.4, -0.2) is 32.6 Å². The second-order valence-corrected chi connectivity index (χ2v) is 9.93. The van der Waals surface area contributed by atoms with Gasteiger partial charge in [-0.25, -0.2) is 17.8 Å². The second-order valence-electron chi connectivity index (χ2n) is 8.18. The highest BCUT2D eigenvalue weighted by Crippen LogP contribution is 2.33. The third kappa shape index (κ3) is 7.53. The lowest BCUT2D eigenvalue weighted by atomic mass is 10.1. The molecule has 37 heavy (non-hydrogen) atoms. The Morgan fingerprint density at radius 1 is 1.08 bits per heavy atom. The Bertz CT molecular complexity index is 1410. The van der Waals surface area contributed by atoms with Gasteiger partial charge < -0.3 is 10.2 Å². The van der Waals surface area contributed by atoms with Crippen LogP contribution in [0.3, 0.4) is 0 Å². The van der Waals surface area contributed by atoms with Crippen LogP contribution in [0.4, 0.5) is 34.8 Å². The number of benzene rings is 2.